The highest BCUT2D eigenvalue weighted by Crippen LogP contribution is 2.23. The van der Waals surface area contributed by atoms with Crippen molar-refractivity contribution < 1.29 is 14.3 Å². The first kappa shape index (κ1) is 12.1. The summed E-state index contributed by atoms with van der Waals surface area (Å²) in [6, 6.07) is 0. The van der Waals surface area contributed by atoms with Crippen LogP contribution in [0.2, 0.25) is 0 Å². The molecule has 0 aromatic rings. The Labute approximate surface area is 91.1 Å². The molecule has 0 amide bonds. The molecule has 0 aromatic heterocycles. The number of carbonyl (C=O) groups is 1. The van der Waals surface area contributed by atoms with Gasteiger partial charge in [0.2, 0.25) is 0 Å². The molecule has 1 aliphatic heterocycles. The van der Waals surface area contributed by atoms with Crippen molar-refractivity contribution in [2.45, 2.75) is 58.3 Å². The standard InChI is InChI=1S/C12H18O3/c1-4-5-6-11-8-12(15-10(3)13)7-9(2)14-11/h9,11-12H,6-8H2,1-3H3/t9-,11+,12+/m0/s1. The largest absolute Gasteiger partial charge is 0.462 e. The molecule has 0 spiro atoms. The van der Waals surface area contributed by atoms with Crippen molar-refractivity contribution in [3.63, 3.8) is 0 Å². The summed E-state index contributed by atoms with van der Waals surface area (Å²) >= 11 is 0. The maximum absolute atomic E-state index is 10.8. The lowest BCUT2D eigenvalue weighted by atomic mass is 10.00. The van der Waals surface area contributed by atoms with E-state index in [1.54, 1.807) is 0 Å². The molecular weight excluding hydrogens is 192 g/mol. The number of rotatable bonds is 2. The van der Waals surface area contributed by atoms with Gasteiger partial charge in [0.15, 0.2) is 0 Å². The lowest BCUT2D eigenvalue weighted by Crippen LogP contribution is -2.36. The average Bonchev–Trinajstić information content (AvgIpc) is 2.12. The van der Waals surface area contributed by atoms with Crippen molar-refractivity contribution in [2.75, 3.05) is 0 Å². The normalized spacial score (nSPS) is 30.2. The Morgan fingerprint density at radius 1 is 1.53 bits per heavy atom. The minimum Gasteiger partial charge on any atom is -0.462 e. The Morgan fingerprint density at radius 3 is 2.87 bits per heavy atom. The summed E-state index contributed by atoms with van der Waals surface area (Å²) in [6.45, 7) is 5.26. The predicted molar refractivity (Wildman–Crippen MR) is 57.2 cm³/mol. The second kappa shape index (κ2) is 5.77. The lowest BCUT2D eigenvalue weighted by Gasteiger charge is -2.32. The summed E-state index contributed by atoms with van der Waals surface area (Å²) < 4.78 is 10.9. The number of hydrogen-bond acceptors (Lipinski definition) is 3. The van der Waals surface area contributed by atoms with E-state index in [4.69, 9.17) is 9.47 Å². The number of esters is 1. The van der Waals surface area contributed by atoms with E-state index in [9.17, 15) is 4.79 Å². The van der Waals surface area contributed by atoms with Crippen LogP contribution in [-0.2, 0) is 14.3 Å². The van der Waals surface area contributed by atoms with Gasteiger partial charge in [0.1, 0.15) is 6.10 Å². The molecule has 1 saturated heterocycles. The Morgan fingerprint density at radius 2 is 2.27 bits per heavy atom. The van der Waals surface area contributed by atoms with Crippen LogP contribution in [0, 0.1) is 11.8 Å². The molecule has 1 heterocycles. The third-order valence-corrected chi connectivity index (χ3v) is 2.38. The molecule has 0 aliphatic carbocycles. The Balaban J connectivity index is 2.46. The molecule has 0 radical (unpaired) electrons. The fraction of sp³-hybridized carbons (Fsp3) is 0.750. The third-order valence-electron chi connectivity index (χ3n) is 2.38. The van der Waals surface area contributed by atoms with Gasteiger partial charge in [0, 0.05) is 26.2 Å². The van der Waals surface area contributed by atoms with Gasteiger partial charge in [-0.1, -0.05) is 0 Å². The molecule has 1 aliphatic rings. The molecule has 84 valence electrons. The quantitative estimate of drug-likeness (QED) is 0.516. The summed E-state index contributed by atoms with van der Waals surface area (Å²) in [5.74, 6) is 5.63. The zero-order valence-electron chi connectivity index (χ0n) is 9.58. The molecule has 0 aromatic carbocycles. The zero-order valence-corrected chi connectivity index (χ0v) is 9.58. The maximum atomic E-state index is 10.8. The molecule has 3 nitrogen and oxygen atoms in total. The third kappa shape index (κ3) is 4.35. The SMILES string of the molecule is CC#CC[C@@H]1C[C@H](OC(C)=O)C[C@H](C)O1. The topological polar surface area (TPSA) is 35.5 Å². The van der Waals surface area contributed by atoms with Crippen LogP contribution in [0.4, 0.5) is 0 Å². The van der Waals surface area contributed by atoms with Gasteiger partial charge in [-0.3, -0.25) is 4.79 Å². The second-order valence-corrected chi connectivity index (χ2v) is 3.90. The number of hydrogen-bond donors (Lipinski definition) is 0. The van der Waals surface area contributed by atoms with Crippen LogP contribution >= 0.6 is 0 Å². The first-order valence-electron chi connectivity index (χ1n) is 5.34. The minimum absolute atomic E-state index is 0.00472. The molecule has 0 saturated carbocycles. The highest BCUT2D eigenvalue weighted by molar-refractivity contribution is 5.66. The van der Waals surface area contributed by atoms with Gasteiger partial charge < -0.3 is 9.47 Å². The van der Waals surface area contributed by atoms with Crippen molar-refractivity contribution in [1.29, 1.82) is 0 Å². The highest BCUT2D eigenvalue weighted by Gasteiger charge is 2.28. The zero-order chi connectivity index (χ0) is 11.3. The minimum atomic E-state index is -0.213. The van der Waals surface area contributed by atoms with Crippen LogP contribution in [0.15, 0.2) is 0 Å². The predicted octanol–water partition coefficient (Wildman–Crippen LogP) is 1.90. The van der Waals surface area contributed by atoms with Gasteiger partial charge in [0.05, 0.1) is 12.2 Å². The van der Waals surface area contributed by atoms with E-state index in [0.29, 0.717) is 0 Å². The van der Waals surface area contributed by atoms with Gasteiger partial charge in [-0.2, -0.15) is 0 Å². The van der Waals surface area contributed by atoms with Crippen LogP contribution in [0.3, 0.4) is 0 Å². The van der Waals surface area contributed by atoms with E-state index in [-0.39, 0.29) is 24.3 Å². The summed E-state index contributed by atoms with van der Waals surface area (Å²) in [7, 11) is 0. The second-order valence-electron chi connectivity index (χ2n) is 3.90. The lowest BCUT2D eigenvalue weighted by molar-refractivity contribution is -0.157. The first-order chi connectivity index (χ1) is 7.11. The monoisotopic (exact) mass is 210 g/mol. The Kier molecular flexibility index (Phi) is 4.64. The van der Waals surface area contributed by atoms with Gasteiger partial charge in [0.25, 0.3) is 0 Å². The Hall–Kier alpha value is -1.01. The van der Waals surface area contributed by atoms with Crippen LogP contribution in [0.25, 0.3) is 0 Å². The summed E-state index contributed by atoms with van der Waals surface area (Å²) in [4.78, 5) is 10.8. The van der Waals surface area contributed by atoms with Crippen LogP contribution in [-0.4, -0.2) is 24.3 Å². The van der Waals surface area contributed by atoms with Crippen molar-refractivity contribution >= 4 is 5.97 Å². The van der Waals surface area contributed by atoms with E-state index in [1.165, 1.54) is 6.92 Å². The molecule has 1 fully saturated rings. The summed E-state index contributed by atoms with van der Waals surface area (Å²) in [5, 5.41) is 0. The maximum Gasteiger partial charge on any atom is 0.302 e. The van der Waals surface area contributed by atoms with E-state index >= 15 is 0 Å². The Bertz CT molecular complexity index is 274. The first-order valence-corrected chi connectivity index (χ1v) is 5.34. The van der Waals surface area contributed by atoms with E-state index in [2.05, 4.69) is 11.8 Å². The van der Waals surface area contributed by atoms with Crippen molar-refractivity contribution in [1.82, 2.24) is 0 Å². The van der Waals surface area contributed by atoms with Crippen molar-refractivity contribution in [3.8, 4) is 11.8 Å². The summed E-state index contributed by atoms with van der Waals surface area (Å²) in [6.07, 6.45) is 2.51. The fourth-order valence-electron chi connectivity index (χ4n) is 1.88. The van der Waals surface area contributed by atoms with E-state index in [0.717, 1.165) is 19.3 Å². The fourth-order valence-corrected chi connectivity index (χ4v) is 1.88. The van der Waals surface area contributed by atoms with Gasteiger partial charge in [-0.15, -0.1) is 11.8 Å². The van der Waals surface area contributed by atoms with Gasteiger partial charge in [-0.25, -0.2) is 0 Å². The summed E-state index contributed by atoms with van der Waals surface area (Å²) in [5.41, 5.74) is 0. The molecule has 0 N–H and O–H groups in total. The molecule has 3 heteroatoms. The molecular formula is C12H18O3. The average molecular weight is 210 g/mol. The van der Waals surface area contributed by atoms with Crippen LogP contribution in [0.5, 0.6) is 0 Å². The molecule has 1 rings (SSSR count). The van der Waals surface area contributed by atoms with Crippen LogP contribution < -0.4 is 0 Å². The smallest absolute Gasteiger partial charge is 0.302 e. The highest BCUT2D eigenvalue weighted by atomic mass is 16.6. The molecule has 3 atom stereocenters. The van der Waals surface area contributed by atoms with E-state index in [1.807, 2.05) is 13.8 Å². The van der Waals surface area contributed by atoms with Crippen molar-refractivity contribution in [2.24, 2.45) is 0 Å². The van der Waals surface area contributed by atoms with Crippen LogP contribution in [0.1, 0.15) is 40.0 Å². The van der Waals surface area contributed by atoms with E-state index < -0.39 is 0 Å². The molecule has 0 bridgehead atoms. The van der Waals surface area contributed by atoms with Gasteiger partial charge >= 0.3 is 5.97 Å². The van der Waals surface area contributed by atoms with Crippen molar-refractivity contribution in [3.05, 3.63) is 0 Å². The molecule has 15 heavy (non-hydrogen) atoms. The molecule has 0 unspecified atom stereocenters. The number of carbonyl (C=O) groups excluding carboxylic acids is 1. The number of ether oxygens (including phenoxy) is 2. The van der Waals surface area contributed by atoms with Gasteiger partial charge in [-0.05, 0) is 13.8 Å².